The maximum absolute atomic E-state index is 10.8. The molecule has 0 radical (unpaired) electrons. The molecule has 86 valence electrons. The maximum atomic E-state index is 10.8. The molecule has 0 aliphatic rings. The van der Waals surface area contributed by atoms with E-state index >= 15 is 0 Å². The number of aryl methyl sites for hydroxylation is 2. The van der Waals surface area contributed by atoms with E-state index in [0.717, 1.165) is 16.6 Å². The fourth-order valence-electron chi connectivity index (χ4n) is 1.59. The van der Waals surface area contributed by atoms with Gasteiger partial charge in [0.15, 0.2) is 0 Å². The molecule has 16 heavy (non-hydrogen) atoms. The van der Waals surface area contributed by atoms with Crippen molar-refractivity contribution >= 4 is 18.6 Å². The van der Waals surface area contributed by atoms with E-state index in [9.17, 15) is 4.57 Å². The van der Waals surface area contributed by atoms with Gasteiger partial charge in [-0.25, -0.2) is 4.98 Å². The zero-order valence-electron chi connectivity index (χ0n) is 8.87. The van der Waals surface area contributed by atoms with Crippen LogP contribution in [0.1, 0.15) is 5.56 Å². The van der Waals surface area contributed by atoms with Gasteiger partial charge in [0.1, 0.15) is 0 Å². The second kappa shape index (κ2) is 4.01. The molecule has 5 nitrogen and oxygen atoms in total. The van der Waals surface area contributed by atoms with Crippen LogP contribution in [0.2, 0.25) is 0 Å². The molecule has 0 atom stereocenters. The third-order valence-corrected chi connectivity index (χ3v) is 3.19. The van der Waals surface area contributed by atoms with Gasteiger partial charge in [0.05, 0.1) is 23.5 Å². The summed E-state index contributed by atoms with van der Waals surface area (Å²) in [6.45, 7) is 2.26. The Hall–Kier alpha value is -1.16. The number of hydrogen-bond acceptors (Lipinski definition) is 2. The molecule has 2 aromatic rings. The molecule has 0 aliphatic heterocycles. The highest BCUT2D eigenvalue weighted by Gasteiger charge is 2.13. The molecular weight excluding hydrogens is 227 g/mol. The second-order valence-electron chi connectivity index (χ2n) is 3.82. The van der Waals surface area contributed by atoms with E-state index in [2.05, 4.69) is 4.98 Å². The first-order chi connectivity index (χ1) is 7.46. The minimum Gasteiger partial charge on any atom is -0.330 e. The quantitative estimate of drug-likeness (QED) is 0.797. The second-order valence-corrected chi connectivity index (χ2v) is 5.60. The lowest BCUT2D eigenvalue weighted by atomic mass is 10.2. The third kappa shape index (κ3) is 2.50. The topological polar surface area (TPSA) is 75.4 Å². The monoisotopic (exact) mass is 240 g/mol. The lowest BCUT2D eigenvalue weighted by Gasteiger charge is -2.05. The zero-order valence-corrected chi connectivity index (χ0v) is 9.76. The Morgan fingerprint density at radius 1 is 1.44 bits per heavy atom. The van der Waals surface area contributed by atoms with E-state index in [1.165, 1.54) is 0 Å². The van der Waals surface area contributed by atoms with Crippen LogP contribution in [0, 0.1) is 6.92 Å². The van der Waals surface area contributed by atoms with Crippen molar-refractivity contribution in [3.63, 3.8) is 0 Å². The zero-order chi connectivity index (χ0) is 11.8. The first-order valence-electron chi connectivity index (χ1n) is 4.92. The molecule has 1 aromatic carbocycles. The average molecular weight is 240 g/mol. The summed E-state index contributed by atoms with van der Waals surface area (Å²) in [6, 6.07) is 5.82. The molecular formula is C10H13N2O3P. The van der Waals surface area contributed by atoms with E-state index in [-0.39, 0.29) is 12.7 Å². The molecule has 0 amide bonds. The molecule has 0 spiro atoms. The summed E-state index contributed by atoms with van der Waals surface area (Å²) >= 11 is 0. The summed E-state index contributed by atoms with van der Waals surface area (Å²) in [7, 11) is -3.94. The molecule has 0 aliphatic carbocycles. The summed E-state index contributed by atoms with van der Waals surface area (Å²) in [5.41, 5.74) is 2.87. The first kappa shape index (κ1) is 11.3. The van der Waals surface area contributed by atoms with Gasteiger partial charge in [-0.2, -0.15) is 0 Å². The van der Waals surface area contributed by atoms with E-state index in [0.29, 0.717) is 0 Å². The number of imidazole rings is 1. The van der Waals surface area contributed by atoms with Gasteiger partial charge in [-0.1, -0.05) is 6.07 Å². The highest BCUT2D eigenvalue weighted by molar-refractivity contribution is 7.51. The predicted molar refractivity (Wildman–Crippen MR) is 61.4 cm³/mol. The Labute approximate surface area is 92.9 Å². The lowest BCUT2D eigenvalue weighted by Crippen LogP contribution is -2.01. The number of hydrogen-bond donors (Lipinski definition) is 2. The SMILES string of the molecule is Cc1ccc2c(c1)ncn2CCP(=O)(O)O. The van der Waals surface area contributed by atoms with Crippen molar-refractivity contribution in [3.05, 3.63) is 30.1 Å². The Morgan fingerprint density at radius 2 is 2.19 bits per heavy atom. The standard InChI is InChI=1S/C10H13N2O3P/c1-8-2-3-10-9(6-8)11-7-12(10)4-5-16(13,14)15/h2-3,6-7H,4-5H2,1H3,(H2,13,14,15). The van der Waals surface area contributed by atoms with Crippen molar-refractivity contribution in [2.75, 3.05) is 6.16 Å². The number of nitrogens with zero attached hydrogens (tertiary/aromatic N) is 2. The average Bonchev–Trinajstić information content (AvgIpc) is 2.56. The van der Waals surface area contributed by atoms with Crippen molar-refractivity contribution in [1.29, 1.82) is 0 Å². The van der Waals surface area contributed by atoms with Crippen LogP contribution >= 0.6 is 7.60 Å². The van der Waals surface area contributed by atoms with Gasteiger partial charge >= 0.3 is 7.60 Å². The minimum atomic E-state index is -3.94. The van der Waals surface area contributed by atoms with Crippen molar-refractivity contribution in [1.82, 2.24) is 9.55 Å². The first-order valence-corrected chi connectivity index (χ1v) is 6.71. The van der Waals surface area contributed by atoms with Crippen molar-refractivity contribution in [3.8, 4) is 0 Å². The Balaban J connectivity index is 2.29. The molecule has 6 heteroatoms. The van der Waals surface area contributed by atoms with E-state index in [4.69, 9.17) is 9.79 Å². The van der Waals surface area contributed by atoms with Crippen LogP contribution in [0.15, 0.2) is 24.5 Å². The molecule has 2 rings (SSSR count). The molecule has 0 bridgehead atoms. The number of aromatic nitrogens is 2. The largest absolute Gasteiger partial charge is 0.330 e. The normalized spacial score (nSPS) is 12.2. The molecule has 1 heterocycles. The van der Waals surface area contributed by atoms with E-state index in [1.807, 2.05) is 25.1 Å². The number of rotatable bonds is 3. The highest BCUT2D eigenvalue weighted by Crippen LogP contribution is 2.34. The minimum absolute atomic E-state index is 0.160. The molecule has 0 saturated heterocycles. The Morgan fingerprint density at radius 3 is 2.88 bits per heavy atom. The van der Waals surface area contributed by atoms with Crippen LogP contribution < -0.4 is 0 Å². The van der Waals surface area contributed by atoms with Gasteiger partial charge in [-0.3, -0.25) is 4.57 Å². The fourth-order valence-corrected chi connectivity index (χ4v) is 2.07. The van der Waals surface area contributed by atoms with Crippen molar-refractivity contribution in [2.45, 2.75) is 13.5 Å². The third-order valence-electron chi connectivity index (χ3n) is 2.41. The van der Waals surface area contributed by atoms with Gasteiger partial charge in [0.25, 0.3) is 0 Å². The van der Waals surface area contributed by atoms with E-state index in [1.54, 1.807) is 10.9 Å². The van der Waals surface area contributed by atoms with Gasteiger partial charge in [-0.05, 0) is 24.6 Å². The summed E-state index contributed by atoms with van der Waals surface area (Å²) in [4.78, 5) is 21.8. The smallest absolute Gasteiger partial charge is 0.327 e. The van der Waals surface area contributed by atoms with Crippen LogP contribution in [0.5, 0.6) is 0 Å². The summed E-state index contributed by atoms with van der Waals surface area (Å²) < 4.78 is 12.5. The van der Waals surface area contributed by atoms with Crippen LogP contribution in [-0.4, -0.2) is 25.5 Å². The molecule has 0 unspecified atom stereocenters. The van der Waals surface area contributed by atoms with Crippen LogP contribution in [0.4, 0.5) is 0 Å². The van der Waals surface area contributed by atoms with Crippen molar-refractivity contribution < 1.29 is 14.4 Å². The molecule has 0 saturated carbocycles. The molecule has 1 aromatic heterocycles. The van der Waals surface area contributed by atoms with Gasteiger partial charge in [0, 0.05) is 6.54 Å². The summed E-state index contributed by atoms with van der Waals surface area (Å²) in [6.07, 6.45) is 1.45. The fraction of sp³-hybridized carbons (Fsp3) is 0.300. The van der Waals surface area contributed by atoms with E-state index < -0.39 is 7.60 Å². The van der Waals surface area contributed by atoms with Crippen molar-refractivity contribution in [2.24, 2.45) is 0 Å². The van der Waals surface area contributed by atoms with Crippen LogP contribution in [-0.2, 0) is 11.1 Å². The maximum Gasteiger partial charge on any atom is 0.327 e. The van der Waals surface area contributed by atoms with Gasteiger partial charge in [0.2, 0.25) is 0 Å². The highest BCUT2D eigenvalue weighted by atomic mass is 31.2. The number of fused-ring (bicyclic) bond motifs is 1. The number of benzene rings is 1. The molecule has 2 N–H and O–H groups in total. The lowest BCUT2D eigenvalue weighted by molar-refractivity contribution is 0.370. The van der Waals surface area contributed by atoms with Crippen LogP contribution in [0.3, 0.4) is 0 Å². The Kier molecular flexibility index (Phi) is 2.84. The summed E-state index contributed by atoms with van der Waals surface area (Å²) in [5, 5.41) is 0. The summed E-state index contributed by atoms with van der Waals surface area (Å²) in [5.74, 6) is 0. The van der Waals surface area contributed by atoms with Crippen LogP contribution in [0.25, 0.3) is 11.0 Å². The Bertz CT molecular complexity index is 558. The van der Waals surface area contributed by atoms with Gasteiger partial charge in [-0.15, -0.1) is 0 Å². The predicted octanol–water partition coefficient (Wildman–Crippen LogP) is 1.52. The van der Waals surface area contributed by atoms with Gasteiger partial charge < -0.3 is 14.4 Å². The molecule has 0 fully saturated rings.